The van der Waals surface area contributed by atoms with Gasteiger partial charge in [0.15, 0.2) is 9.84 Å². The minimum absolute atomic E-state index is 0.100. The number of sulfone groups is 1. The van der Waals surface area contributed by atoms with Gasteiger partial charge in [0.2, 0.25) is 0 Å². The van der Waals surface area contributed by atoms with E-state index >= 15 is 0 Å². The first-order valence-electron chi connectivity index (χ1n) is 8.39. The molecule has 6 heteroatoms. The first-order valence-corrected chi connectivity index (χ1v) is 10.2. The van der Waals surface area contributed by atoms with Crippen LogP contribution in [0.1, 0.15) is 30.9 Å². The molecule has 0 amide bonds. The molecule has 3 rings (SSSR count). The Morgan fingerprint density at radius 2 is 1.96 bits per heavy atom. The van der Waals surface area contributed by atoms with Crippen LogP contribution in [0.3, 0.4) is 0 Å². The van der Waals surface area contributed by atoms with Crippen LogP contribution in [-0.2, 0) is 9.84 Å². The Kier molecular flexibility index (Phi) is 5.24. The molecule has 2 aliphatic rings. The van der Waals surface area contributed by atoms with Crippen LogP contribution >= 0.6 is 0 Å². The van der Waals surface area contributed by atoms with Crippen LogP contribution in [0.5, 0.6) is 5.75 Å². The van der Waals surface area contributed by atoms with Crippen LogP contribution < -0.4 is 10.1 Å². The summed E-state index contributed by atoms with van der Waals surface area (Å²) in [5.74, 6) is 1.47. The van der Waals surface area contributed by atoms with Gasteiger partial charge in [0.05, 0.1) is 18.6 Å². The zero-order valence-electron chi connectivity index (χ0n) is 13.7. The molecule has 128 valence electrons. The third-order valence-electron chi connectivity index (χ3n) is 4.91. The molecular formula is C17H26N2O3S. The highest BCUT2D eigenvalue weighted by Gasteiger charge is 2.29. The molecule has 0 saturated carbocycles. The van der Waals surface area contributed by atoms with Crippen molar-refractivity contribution in [3.8, 4) is 5.75 Å². The van der Waals surface area contributed by atoms with Gasteiger partial charge in [-0.15, -0.1) is 0 Å². The fourth-order valence-electron chi connectivity index (χ4n) is 3.57. The van der Waals surface area contributed by atoms with E-state index in [1.807, 2.05) is 12.1 Å². The summed E-state index contributed by atoms with van der Waals surface area (Å²) in [4.78, 5) is 2.50. The Bertz CT molecular complexity index is 609. The van der Waals surface area contributed by atoms with E-state index in [-0.39, 0.29) is 11.8 Å². The number of likely N-dealkylation sites (tertiary alicyclic amines) is 1. The molecule has 23 heavy (non-hydrogen) atoms. The number of methoxy groups -OCH3 is 1. The van der Waals surface area contributed by atoms with E-state index in [4.69, 9.17) is 4.74 Å². The van der Waals surface area contributed by atoms with Crippen molar-refractivity contribution in [1.82, 2.24) is 10.2 Å². The standard InChI is InChI=1S/C17H26N2O3S/c1-22-16-6-4-14(5-7-16)17(19-9-2-3-10-19)12-18-15-8-11-23(20,21)13-15/h4-7,15,17-18H,2-3,8-13H2,1H3. The largest absolute Gasteiger partial charge is 0.497 e. The number of benzene rings is 1. The highest BCUT2D eigenvalue weighted by Crippen LogP contribution is 2.26. The molecule has 1 aromatic rings. The van der Waals surface area contributed by atoms with Crippen molar-refractivity contribution < 1.29 is 13.2 Å². The molecule has 1 aromatic carbocycles. The van der Waals surface area contributed by atoms with E-state index < -0.39 is 9.84 Å². The minimum Gasteiger partial charge on any atom is -0.497 e. The van der Waals surface area contributed by atoms with Crippen LogP contribution in [-0.4, -0.2) is 57.6 Å². The average Bonchev–Trinajstić information content (AvgIpc) is 3.18. The van der Waals surface area contributed by atoms with Crippen molar-refractivity contribution in [2.24, 2.45) is 0 Å². The lowest BCUT2D eigenvalue weighted by molar-refractivity contribution is 0.234. The Labute approximate surface area is 138 Å². The molecule has 0 spiro atoms. The molecule has 2 atom stereocenters. The number of nitrogens with one attached hydrogen (secondary N) is 1. The normalized spacial score (nSPS) is 25.5. The van der Waals surface area contributed by atoms with Gasteiger partial charge < -0.3 is 10.1 Å². The van der Waals surface area contributed by atoms with Crippen molar-refractivity contribution in [1.29, 1.82) is 0 Å². The fraction of sp³-hybridized carbons (Fsp3) is 0.647. The summed E-state index contributed by atoms with van der Waals surface area (Å²) in [5.41, 5.74) is 1.26. The van der Waals surface area contributed by atoms with Gasteiger partial charge in [-0.2, -0.15) is 0 Å². The molecule has 0 radical (unpaired) electrons. The number of rotatable bonds is 6. The summed E-state index contributed by atoms with van der Waals surface area (Å²) in [6.07, 6.45) is 3.21. The third kappa shape index (κ3) is 4.25. The molecule has 2 aliphatic heterocycles. The number of nitrogens with zero attached hydrogens (tertiary/aromatic N) is 1. The van der Waals surface area contributed by atoms with E-state index in [0.29, 0.717) is 11.8 Å². The quantitative estimate of drug-likeness (QED) is 0.854. The zero-order valence-corrected chi connectivity index (χ0v) is 14.5. The second-order valence-electron chi connectivity index (χ2n) is 6.54. The molecule has 2 saturated heterocycles. The van der Waals surface area contributed by atoms with Crippen molar-refractivity contribution in [2.45, 2.75) is 31.3 Å². The van der Waals surface area contributed by atoms with Crippen LogP contribution in [0, 0.1) is 0 Å². The predicted molar refractivity (Wildman–Crippen MR) is 91.6 cm³/mol. The molecule has 2 unspecified atom stereocenters. The monoisotopic (exact) mass is 338 g/mol. The minimum atomic E-state index is -2.83. The van der Waals surface area contributed by atoms with Gasteiger partial charge in [-0.1, -0.05) is 12.1 Å². The molecule has 0 aliphatic carbocycles. The Morgan fingerprint density at radius 3 is 2.52 bits per heavy atom. The molecular weight excluding hydrogens is 312 g/mol. The Morgan fingerprint density at radius 1 is 1.26 bits per heavy atom. The average molecular weight is 338 g/mol. The highest BCUT2D eigenvalue weighted by atomic mass is 32.2. The van der Waals surface area contributed by atoms with Gasteiger partial charge in [0, 0.05) is 18.6 Å². The zero-order chi connectivity index (χ0) is 16.3. The lowest BCUT2D eigenvalue weighted by atomic mass is 10.0. The first-order chi connectivity index (χ1) is 11.1. The first kappa shape index (κ1) is 16.7. The van der Waals surface area contributed by atoms with E-state index in [9.17, 15) is 8.42 Å². The van der Waals surface area contributed by atoms with Gasteiger partial charge in [-0.05, 0) is 50.0 Å². The van der Waals surface area contributed by atoms with Crippen molar-refractivity contribution in [3.63, 3.8) is 0 Å². The SMILES string of the molecule is COc1ccc(C(CNC2CCS(=O)(=O)C2)N2CCCC2)cc1. The second kappa shape index (κ2) is 7.20. The molecule has 2 heterocycles. The lowest BCUT2D eigenvalue weighted by Crippen LogP contribution is -2.39. The van der Waals surface area contributed by atoms with Gasteiger partial charge in [-0.25, -0.2) is 8.42 Å². The Hall–Kier alpha value is -1.11. The highest BCUT2D eigenvalue weighted by molar-refractivity contribution is 7.91. The van der Waals surface area contributed by atoms with Crippen LogP contribution in [0.4, 0.5) is 0 Å². The van der Waals surface area contributed by atoms with E-state index in [1.165, 1.54) is 18.4 Å². The second-order valence-corrected chi connectivity index (χ2v) is 8.77. The maximum atomic E-state index is 11.6. The van der Waals surface area contributed by atoms with Crippen molar-refractivity contribution >= 4 is 9.84 Å². The van der Waals surface area contributed by atoms with Gasteiger partial charge >= 0.3 is 0 Å². The van der Waals surface area contributed by atoms with Crippen molar-refractivity contribution in [2.75, 3.05) is 38.2 Å². The molecule has 0 aromatic heterocycles. The summed E-state index contributed by atoms with van der Waals surface area (Å²) in [6.45, 7) is 3.02. The summed E-state index contributed by atoms with van der Waals surface area (Å²) >= 11 is 0. The molecule has 0 bridgehead atoms. The topological polar surface area (TPSA) is 58.6 Å². The van der Waals surface area contributed by atoms with Crippen LogP contribution in [0.2, 0.25) is 0 Å². The van der Waals surface area contributed by atoms with Gasteiger partial charge in [-0.3, -0.25) is 4.90 Å². The van der Waals surface area contributed by atoms with E-state index in [0.717, 1.165) is 31.8 Å². The molecule has 2 fully saturated rings. The maximum absolute atomic E-state index is 11.6. The number of ether oxygens (including phenoxy) is 1. The van der Waals surface area contributed by atoms with Crippen LogP contribution in [0.25, 0.3) is 0 Å². The van der Waals surface area contributed by atoms with Gasteiger partial charge in [0.1, 0.15) is 5.75 Å². The third-order valence-corrected chi connectivity index (χ3v) is 6.68. The maximum Gasteiger partial charge on any atom is 0.151 e. The lowest BCUT2D eigenvalue weighted by Gasteiger charge is -2.29. The van der Waals surface area contributed by atoms with Gasteiger partial charge in [0.25, 0.3) is 0 Å². The summed E-state index contributed by atoms with van der Waals surface area (Å²) in [6, 6.07) is 8.63. The molecule has 1 N–H and O–H groups in total. The summed E-state index contributed by atoms with van der Waals surface area (Å²) in [7, 11) is -1.15. The van der Waals surface area contributed by atoms with E-state index in [1.54, 1.807) is 7.11 Å². The van der Waals surface area contributed by atoms with Crippen molar-refractivity contribution in [3.05, 3.63) is 29.8 Å². The molecule has 5 nitrogen and oxygen atoms in total. The predicted octanol–water partition coefficient (Wildman–Crippen LogP) is 1.61. The Balaban J connectivity index is 1.68. The summed E-state index contributed by atoms with van der Waals surface area (Å²) < 4.78 is 28.5. The number of hydrogen-bond donors (Lipinski definition) is 1. The smallest absolute Gasteiger partial charge is 0.151 e. The van der Waals surface area contributed by atoms with Crippen LogP contribution in [0.15, 0.2) is 24.3 Å². The summed E-state index contributed by atoms with van der Waals surface area (Å²) in [5, 5.41) is 3.49. The van der Waals surface area contributed by atoms with E-state index in [2.05, 4.69) is 22.3 Å². The number of hydrogen-bond acceptors (Lipinski definition) is 5. The fourth-order valence-corrected chi connectivity index (χ4v) is 5.28.